The van der Waals surface area contributed by atoms with Gasteiger partial charge in [-0.3, -0.25) is 0 Å². The summed E-state index contributed by atoms with van der Waals surface area (Å²) in [5.74, 6) is 0.296. The van der Waals surface area contributed by atoms with Crippen molar-refractivity contribution in [3.05, 3.63) is 37.0 Å². The lowest BCUT2D eigenvalue weighted by molar-refractivity contribution is 0.457. The number of hydrogen-bond donors (Lipinski definition) is 2. The number of rotatable bonds is 3. The minimum absolute atomic E-state index is 0. The highest BCUT2D eigenvalue weighted by atomic mass is 127. The van der Waals surface area contributed by atoms with Crippen molar-refractivity contribution in [2.75, 3.05) is 0 Å². The highest BCUT2D eigenvalue weighted by Gasteiger charge is 2.14. The summed E-state index contributed by atoms with van der Waals surface area (Å²) in [5, 5.41) is 9.88. The van der Waals surface area contributed by atoms with Crippen molar-refractivity contribution in [1.29, 1.82) is 0 Å². The summed E-state index contributed by atoms with van der Waals surface area (Å²) in [6.45, 7) is 5.77. The third kappa shape index (κ3) is 4.38. The monoisotopic (exact) mass is 465 g/mol. The van der Waals surface area contributed by atoms with E-state index in [9.17, 15) is 5.11 Å². The van der Waals surface area contributed by atoms with E-state index in [1.54, 1.807) is 0 Å². The largest absolute Gasteiger partial charge is 0.506 e. The molecule has 1 aromatic rings. The molecule has 0 aliphatic carbocycles. The van der Waals surface area contributed by atoms with Crippen molar-refractivity contribution in [2.24, 2.45) is 5.73 Å². The van der Waals surface area contributed by atoms with E-state index in [0.29, 0.717) is 12.2 Å². The minimum Gasteiger partial charge on any atom is -0.506 e. The summed E-state index contributed by atoms with van der Waals surface area (Å²) >= 11 is 4.33. The number of aromatic hydroxyl groups is 1. The highest BCUT2D eigenvalue weighted by molar-refractivity contribution is 14.1. The maximum absolute atomic E-state index is 9.88. The molecule has 0 aromatic heterocycles. The lowest BCUT2D eigenvalue weighted by Crippen LogP contribution is -2.11. The fourth-order valence-corrected chi connectivity index (χ4v) is 3.24. The van der Waals surface area contributed by atoms with Crippen LogP contribution in [-0.4, -0.2) is 5.11 Å². The number of phenolic OH excluding ortho intramolecular Hbond substituents is 1. The summed E-state index contributed by atoms with van der Waals surface area (Å²) in [6, 6.07) is 3.67. The normalized spacial score (nSPS) is 11.8. The third-order valence-corrected chi connectivity index (χ3v) is 3.47. The molecule has 0 amide bonds. The van der Waals surface area contributed by atoms with Crippen LogP contribution in [0.4, 0.5) is 0 Å². The predicted octanol–water partition coefficient (Wildman–Crippen LogP) is 3.99. The number of phenols is 1. The van der Waals surface area contributed by atoms with E-state index >= 15 is 0 Å². The molecule has 5 heteroatoms. The summed E-state index contributed by atoms with van der Waals surface area (Å²) < 4.78 is 1.92. The molecule has 1 rings (SSSR count). The molecule has 90 valence electrons. The SMILES string of the molecule is C=C(C)C[C@@H](N)c1cc(I)cc(I)c1O.Cl. The van der Waals surface area contributed by atoms with Crippen molar-refractivity contribution < 1.29 is 5.11 Å². The van der Waals surface area contributed by atoms with Crippen LogP contribution in [0.5, 0.6) is 5.75 Å². The third-order valence-electron chi connectivity index (χ3n) is 2.03. The van der Waals surface area contributed by atoms with Crippen molar-refractivity contribution in [3.63, 3.8) is 0 Å². The number of hydrogen-bond acceptors (Lipinski definition) is 2. The molecule has 0 bridgehead atoms. The van der Waals surface area contributed by atoms with Gasteiger partial charge < -0.3 is 10.8 Å². The zero-order valence-electron chi connectivity index (χ0n) is 8.84. The first kappa shape index (κ1) is 16.5. The average Bonchev–Trinajstić information content (AvgIpc) is 2.09. The van der Waals surface area contributed by atoms with Crippen LogP contribution in [0.25, 0.3) is 0 Å². The van der Waals surface area contributed by atoms with E-state index in [0.717, 1.165) is 18.3 Å². The highest BCUT2D eigenvalue weighted by Crippen LogP contribution is 2.32. The Morgan fingerprint density at radius 1 is 1.50 bits per heavy atom. The number of benzene rings is 1. The molecule has 1 atom stereocenters. The van der Waals surface area contributed by atoms with Crippen molar-refractivity contribution in [3.8, 4) is 5.75 Å². The Hall–Kier alpha value is 0.470. The first-order valence-corrected chi connectivity index (χ1v) is 6.65. The van der Waals surface area contributed by atoms with Crippen molar-refractivity contribution in [2.45, 2.75) is 19.4 Å². The molecule has 3 N–H and O–H groups in total. The Kier molecular flexibility index (Phi) is 7.23. The summed E-state index contributed by atoms with van der Waals surface area (Å²) in [5.41, 5.74) is 7.83. The Labute approximate surface area is 129 Å². The number of nitrogens with two attached hydrogens (primary N) is 1. The summed E-state index contributed by atoms with van der Waals surface area (Å²) in [6.07, 6.45) is 0.698. The van der Waals surface area contributed by atoms with Gasteiger partial charge in [0, 0.05) is 15.2 Å². The van der Waals surface area contributed by atoms with Gasteiger partial charge in [-0.2, -0.15) is 0 Å². The zero-order chi connectivity index (χ0) is 11.6. The van der Waals surface area contributed by atoms with Gasteiger partial charge in [0.05, 0.1) is 3.57 Å². The van der Waals surface area contributed by atoms with Gasteiger partial charge in [0.25, 0.3) is 0 Å². The van der Waals surface area contributed by atoms with E-state index in [1.807, 2.05) is 19.1 Å². The molecular weight excluding hydrogens is 451 g/mol. The van der Waals surface area contributed by atoms with Crippen LogP contribution in [0.15, 0.2) is 24.3 Å². The van der Waals surface area contributed by atoms with Gasteiger partial charge in [-0.25, -0.2) is 0 Å². The lowest BCUT2D eigenvalue weighted by Gasteiger charge is -2.15. The van der Waals surface area contributed by atoms with Gasteiger partial charge in [0.15, 0.2) is 0 Å². The van der Waals surface area contributed by atoms with Gasteiger partial charge in [-0.05, 0) is 70.7 Å². The first-order chi connectivity index (χ1) is 6.91. The standard InChI is InChI=1S/C11H13I2NO.ClH/c1-6(2)3-10(14)8-4-7(12)5-9(13)11(8)15;/h4-5,10,15H,1,3,14H2,2H3;1H/t10-;/m1./s1. The molecule has 0 aliphatic heterocycles. The fraction of sp³-hybridized carbons (Fsp3) is 0.273. The van der Waals surface area contributed by atoms with Crippen molar-refractivity contribution >= 4 is 57.6 Å². The molecule has 16 heavy (non-hydrogen) atoms. The molecule has 0 unspecified atom stereocenters. The Bertz CT molecular complexity index is 396. The van der Waals surface area contributed by atoms with E-state index in [4.69, 9.17) is 5.73 Å². The van der Waals surface area contributed by atoms with E-state index in [1.165, 1.54) is 0 Å². The Balaban J connectivity index is 0.00000225. The molecule has 0 radical (unpaired) electrons. The van der Waals surface area contributed by atoms with Crippen LogP contribution >= 0.6 is 57.6 Å². The minimum atomic E-state index is -0.175. The molecule has 0 saturated carbocycles. The second kappa shape index (κ2) is 7.03. The topological polar surface area (TPSA) is 46.2 Å². The Morgan fingerprint density at radius 2 is 2.06 bits per heavy atom. The smallest absolute Gasteiger partial charge is 0.133 e. The maximum atomic E-state index is 9.88. The summed E-state index contributed by atoms with van der Waals surface area (Å²) in [7, 11) is 0. The molecule has 0 fully saturated rings. The first-order valence-electron chi connectivity index (χ1n) is 4.49. The average molecular weight is 466 g/mol. The fourth-order valence-electron chi connectivity index (χ4n) is 1.35. The van der Waals surface area contributed by atoms with Crippen LogP contribution in [0.1, 0.15) is 24.9 Å². The summed E-state index contributed by atoms with van der Waals surface area (Å²) in [4.78, 5) is 0. The van der Waals surface area contributed by atoms with Gasteiger partial charge in [-0.1, -0.05) is 5.57 Å². The molecule has 0 aliphatic rings. The van der Waals surface area contributed by atoms with E-state index in [2.05, 4.69) is 51.8 Å². The Morgan fingerprint density at radius 3 is 2.56 bits per heavy atom. The predicted molar refractivity (Wildman–Crippen MR) is 87.1 cm³/mol. The van der Waals surface area contributed by atoms with Crippen LogP contribution in [-0.2, 0) is 0 Å². The van der Waals surface area contributed by atoms with Gasteiger partial charge in [0.2, 0.25) is 0 Å². The quantitative estimate of drug-likeness (QED) is 0.524. The molecular formula is C11H14ClI2NO. The van der Waals surface area contributed by atoms with Crippen LogP contribution in [0.2, 0.25) is 0 Å². The molecule has 0 heterocycles. The van der Waals surface area contributed by atoms with Gasteiger partial charge >= 0.3 is 0 Å². The van der Waals surface area contributed by atoms with Crippen molar-refractivity contribution in [1.82, 2.24) is 0 Å². The second-order valence-electron chi connectivity index (χ2n) is 3.59. The molecule has 0 spiro atoms. The maximum Gasteiger partial charge on any atom is 0.133 e. The van der Waals surface area contributed by atoms with E-state index < -0.39 is 0 Å². The van der Waals surface area contributed by atoms with Gasteiger partial charge in [0.1, 0.15) is 5.75 Å². The van der Waals surface area contributed by atoms with Gasteiger partial charge in [-0.15, -0.1) is 19.0 Å². The van der Waals surface area contributed by atoms with Crippen LogP contribution in [0.3, 0.4) is 0 Å². The number of halogens is 3. The lowest BCUT2D eigenvalue weighted by atomic mass is 10.0. The molecule has 0 saturated heterocycles. The molecule has 1 aromatic carbocycles. The van der Waals surface area contributed by atoms with E-state index in [-0.39, 0.29) is 18.4 Å². The van der Waals surface area contributed by atoms with Crippen LogP contribution < -0.4 is 5.73 Å². The second-order valence-corrected chi connectivity index (χ2v) is 6.00. The molecule has 2 nitrogen and oxygen atoms in total. The van der Waals surface area contributed by atoms with Crippen LogP contribution in [0, 0.1) is 7.14 Å². The zero-order valence-corrected chi connectivity index (χ0v) is 14.0.